The van der Waals surface area contributed by atoms with Crippen molar-refractivity contribution in [2.75, 3.05) is 11.4 Å². The molecule has 0 bridgehead atoms. The first-order valence-electron chi connectivity index (χ1n) is 8.26. The topological polar surface area (TPSA) is 81.1 Å². The van der Waals surface area contributed by atoms with E-state index in [9.17, 15) is 24.2 Å². The van der Waals surface area contributed by atoms with Gasteiger partial charge in [-0.2, -0.15) is 0 Å². The molecule has 2 aromatic rings. The molecule has 140 valence electrons. The first-order chi connectivity index (χ1) is 12.9. The minimum absolute atomic E-state index is 0.150. The molecule has 27 heavy (non-hydrogen) atoms. The van der Waals surface area contributed by atoms with Gasteiger partial charge in [0, 0.05) is 6.54 Å². The second-order valence-corrected chi connectivity index (χ2v) is 6.52. The molecule has 0 aliphatic carbocycles. The Balaban J connectivity index is 1.84. The molecule has 0 radical (unpaired) electrons. The monoisotopic (exact) mass is 388 g/mol. The number of carboxylic acid groups (broad SMARTS) is 1. The Labute approximate surface area is 160 Å². The number of thiocarbonyl (C=S) groups is 1. The predicted molar refractivity (Wildman–Crippen MR) is 101 cm³/mol. The molecule has 1 atom stereocenters. The van der Waals surface area contributed by atoms with Crippen LogP contribution in [-0.2, 0) is 16.0 Å². The highest BCUT2D eigenvalue weighted by atomic mass is 32.1. The summed E-state index contributed by atoms with van der Waals surface area (Å²) in [6, 6.07) is 11.0. The van der Waals surface area contributed by atoms with E-state index < -0.39 is 23.7 Å². The Hall–Kier alpha value is -3.00. The van der Waals surface area contributed by atoms with Crippen LogP contribution in [0.5, 0.6) is 5.75 Å². The van der Waals surface area contributed by atoms with Gasteiger partial charge in [0.15, 0.2) is 5.11 Å². The normalized spacial score (nSPS) is 16.9. The number of phenolic OH excluding ortho intramolecular Hbond substituents is 1. The maximum absolute atomic E-state index is 13.2. The van der Waals surface area contributed by atoms with Gasteiger partial charge in [-0.1, -0.05) is 12.1 Å². The first-order valence-corrected chi connectivity index (χ1v) is 8.67. The molecular formula is C19H17FN2O4S. The van der Waals surface area contributed by atoms with Crippen molar-refractivity contribution in [2.24, 2.45) is 0 Å². The zero-order chi connectivity index (χ0) is 19.6. The summed E-state index contributed by atoms with van der Waals surface area (Å²) < 4.78 is 13.2. The fourth-order valence-corrected chi connectivity index (χ4v) is 3.41. The number of hydrogen-bond acceptors (Lipinski definition) is 4. The van der Waals surface area contributed by atoms with Crippen LogP contribution >= 0.6 is 12.2 Å². The van der Waals surface area contributed by atoms with E-state index in [1.54, 1.807) is 29.2 Å². The van der Waals surface area contributed by atoms with Crippen molar-refractivity contribution in [3.63, 3.8) is 0 Å². The number of nitrogens with zero attached hydrogens (tertiary/aromatic N) is 2. The molecule has 1 amide bonds. The first kappa shape index (κ1) is 18.8. The zero-order valence-electron chi connectivity index (χ0n) is 14.2. The molecular weight excluding hydrogens is 371 g/mol. The Morgan fingerprint density at radius 1 is 1.11 bits per heavy atom. The Morgan fingerprint density at radius 2 is 1.74 bits per heavy atom. The van der Waals surface area contributed by atoms with Gasteiger partial charge in [0.1, 0.15) is 17.6 Å². The maximum atomic E-state index is 13.2. The number of benzene rings is 2. The van der Waals surface area contributed by atoms with E-state index in [-0.39, 0.29) is 17.3 Å². The molecule has 1 aliphatic heterocycles. The van der Waals surface area contributed by atoms with Gasteiger partial charge < -0.3 is 15.1 Å². The molecule has 1 aliphatic rings. The van der Waals surface area contributed by atoms with Crippen LogP contribution in [-0.4, -0.2) is 44.7 Å². The third-order valence-electron chi connectivity index (χ3n) is 4.35. The number of aliphatic carboxylic acids is 1. The van der Waals surface area contributed by atoms with Crippen LogP contribution in [0.1, 0.15) is 12.0 Å². The molecule has 2 N–H and O–H groups in total. The van der Waals surface area contributed by atoms with E-state index >= 15 is 0 Å². The van der Waals surface area contributed by atoms with Gasteiger partial charge in [-0.3, -0.25) is 14.5 Å². The smallest absolute Gasteiger partial charge is 0.305 e. The van der Waals surface area contributed by atoms with Gasteiger partial charge in [0.05, 0.1) is 12.1 Å². The summed E-state index contributed by atoms with van der Waals surface area (Å²) in [6.45, 7) is 0.338. The summed E-state index contributed by atoms with van der Waals surface area (Å²) in [7, 11) is 0. The Kier molecular flexibility index (Phi) is 5.36. The highest BCUT2D eigenvalue weighted by Crippen LogP contribution is 2.27. The van der Waals surface area contributed by atoms with Crippen molar-refractivity contribution in [3.05, 3.63) is 59.9 Å². The molecule has 0 aromatic heterocycles. The van der Waals surface area contributed by atoms with E-state index in [4.69, 9.17) is 12.2 Å². The molecule has 1 saturated heterocycles. The van der Waals surface area contributed by atoms with Crippen molar-refractivity contribution < 1.29 is 24.2 Å². The van der Waals surface area contributed by atoms with Crippen molar-refractivity contribution in [2.45, 2.75) is 18.9 Å². The van der Waals surface area contributed by atoms with Crippen molar-refractivity contribution in [1.82, 2.24) is 4.90 Å². The number of hydrogen-bond donors (Lipinski definition) is 2. The third-order valence-corrected chi connectivity index (χ3v) is 4.77. The van der Waals surface area contributed by atoms with Crippen molar-refractivity contribution in [1.29, 1.82) is 0 Å². The van der Waals surface area contributed by atoms with Crippen LogP contribution in [0.25, 0.3) is 0 Å². The maximum Gasteiger partial charge on any atom is 0.305 e. The standard InChI is InChI=1S/C19H17FN2O4S/c20-13-3-5-14(6-4-13)22-18(26)16(11-17(24)25)21(19(22)27)10-9-12-1-7-15(23)8-2-12/h1-8,16,23H,9-11H2,(H,24,25). The van der Waals surface area contributed by atoms with Gasteiger partial charge in [-0.15, -0.1) is 0 Å². The van der Waals surface area contributed by atoms with Crippen LogP contribution in [0, 0.1) is 5.82 Å². The number of aromatic hydroxyl groups is 1. The van der Waals surface area contributed by atoms with Gasteiger partial charge >= 0.3 is 5.97 Å². The van der Waals surface area contributed by atoms with Crippen LogP contribution in [0.4, 0.5) is 10.1 Å². The van der Waals surface area contributed by atoms with Crippen molar-refractivity contribution in [3.8, 4) is 5.75 Å². The lowest BCUT2D eigenvalue weighted by atomic mass is 10.1. The molecule has 1 fully saturated rings. The number of carboxylic acids is 1. The molecule has 0 saturated carbocycles. The zero-order valence-corrected chi connectivity index (χ0v) is 15.0. The van der Waals surface area contributed by atoms with Gasteiger partial charge in [-0.25, -0.2) is 4.39 Å². The Morgan fingerprint density at radius 3 is 2.33 bits per heavy atom. The van der Waals surface area contributed by atoms with Crippen LogP contribution in [0.2, 0.25) is 0 Å². The second kappa shape index (κ2) is 7.71. The summed E-state index contributed by atoms with van der Waals surface area (Å²) in [4.78, 5) is 26.9. The lowest BCUT2D eigenvalue weighted by Gasteiger charge is -2.23. The number of amides is 1. The van der Waals surface area contributed by atoms with Crippen molar-refractivity contribution >= 4 is 34.9 Å². The van der Waals surface area contributed by atoms with E-state index in [1.165, 1.54) is 29.2 Å². The molecule has 0 spiro atoms. The third kappa shape index (κ3) is 4.06. The summed E-state index contributed by atoms with van der Waals surface area (Å²) in [5.41, 5.74) is 1.31. The summed E-state index contributed by atoms with van der Waals surface area (Å²) in [5.74, 6) is -1.84. The minimum Gasteiger partial charge on any atom is -0.508 e. The van der Waals surface area contributed by atoms with E-state index in [2.05, 4.69) is 0 Å². The highest BCUT2D eigenvalue weighted by Gasteiger charge is 2.43. The minimum atomic E-state index is -1.10. The molecule has 3 rings (SSSR count). The molecule has 8 heteroatoms. The van der Waals surface area contributed by atoms with Gasteiger partial charge in [0.25, 0.3) is 5.91 Å². The van der Waals surface area contributed by atoms with Gasteiger partial charge in [0.2, 0.25) is 0 Å². The average molecular weight is 388 g/mol. The molecule has 2 aromatic carbocycles. The largest absolute Gasteiger partial charge is 0.508 e. The lowest BCUT2D eigenvalue weighted by Crippen LogP contribution is -2.38. The summed E-state index contributed by atoms with van der Waals surface area (Å²) in [5, 5.41) is 18.7. The van der Waals surface area contributed by atoms with Crippen LogP contribution in [0.15, 0.2) is 48.5 Å². The number of rotatable bonds is 6. The van der Waals surface area contributed by atoms with Crippen LogP contribution < -0.4 is 4.90 Å². The number of carbonyl (C=O) groups is 2. The lowest BCUT2D eigenvalue weighted by molar-refractivity contribution is -0.139. The number of phenols is 1. The average Bonchev–Trinajstić information content (AvgIpc) is 2.85. The fourth-order valence-electron chi connectivity index (χ4n) is 2.99. The molecule has 1 unspecified atom stereocenters. The summed E-state index contributed by atoms with van der Waals surface area (Å²) >= 11 is 5.42. The highest BCUT2D eigenvalue weighted by molar-refractivity contribution is 7.80. The fraction of sp³-hybridized carbons (Fsp3) is 0.211. The molecule has 1 heterocycles. The quantitative estimate of drug-likeness (QED) is 0.741. The number of carbonyl (C=O) groups excluding carboxylic acids is 1. The number of halogens is 1. The number of anilines is 1. The SMILES string of the molecule is O=C(O)CC1C(=O)N(c2ccc(F)cc2)C(=S)N1CCc1ccc(O)cc1. The van der Waals surface area contributed by atoms with E-state index in [0.29, 0.717) is 18.7 Å². The predicted octanol–water partition coefficient (Wildman–Crippen LogP) is 2.55. The van der Waals surface area contributed by atoms with E-state index in [0.717, 1.165) is 5.56 Å². The van der Waals surface area contributed by atoms with E-state index in [1.807, 2.05) is 0 Å². The van der Waals surface area contributed by atoms with Crippen LogP contribution in [0.3, 0.4) is 0 Å². The second-order valence-electron chi connectivity index (χ2n) is 6.16. The summed E-state index contributed by atoms with van der Waals surface area (Å²) in [6.07, 6.45) is 0.132. The van der Waals surface area contributed by atoms with Gasteiger partial charge in [-0.05, 0) is 60.6 Å². The molecule has 6 nitrogen and oxygen atoms in total. The Bertz CT molecular complexity index is 870.